The fourth-order valence-electron chi connectivity index (χ4n) is 2.29. The third kappa shape index (κ3) is 6.95. The molecule has 0 aliphatic rings. The zero-order valence-corrected chi connectivity index (χ0v) is 17.3. The smallest absolute Gasteiger partial charge is 0.251 e. The van der Waals surface area contributed by atoms with E-state index in [1.165, 1.54) is 6.07 Å². The average Bonchev–Trinajstić information content (AvgIpc) is 2.58. The largest absolute Gasteiger partial charge is 0.350 e. The van der Waals surface area contributed by atoms with E-state index in [1.54, 1.807) is 32.9 Å². The highest BCUT2D eigenvalue weighted by atomic mass is 35.5. The molecular formula is C19H26ClN3O3S. The molecule has 0 atom stereocenters. The third-order valence-electron chi connectivity index (χ3n) is 3.75. The number of aryl methyl sites for hydroxylation is 1. The molecular weight excluding hydrogens is 386 g/mol. The van der Waals surface area contributed by atoms with Gasteiger partial charge in [0.1, 0.15) is 0 Å². The zero-order chi connectivity index (χ0) is 19.4. The lowest BCUT2D eigenvalue weighted by Crippen LogP contribution is -2.45. The van der Waals surface area contributed by atoms with Crippen LogP contribution in [0.1, 0.15) is 35.3 Å². The van der Waals surface area contributed by atoms with E-state index in [4.69, 9.17) is 5.73 Å². The second-order valence-corrected chi connectivity index (χ2v) is 8.70. The molecule has 0 aliphatic carbocycles. The van der Waals surface area contributed by atoms with Crippen molar-refractivity contribution in [1.29, 1.82) is 0 Å². The molecule has 2 rings (SSSR count). The summed E-state index contributed by atoms with van der Waals surface area (Å²) in [5.41, 5.74) is 7.01. The summed E-state index contributed by atoms with van der Waals surface area (Å²) in [6.07, 6.45) is 0. The molecule has 148 valence electrons. The standard InChI is InChI=1S/C19H25N3O3S.ClH/c1-14-9-10-16(18(23)21-13-19(2,3)20)11-17(14)26(24,25)22-12-15-7-5-4-6-8-15;/h4-11,22H,12-13,20H2,1-3H3,(H,21,23);1H. The SMILES string of the molecule is Cc1ccc(C(=O)NCC(C)(C)N)cc1S(=O)(=O)NCc1ccccc1.Cl. The number of halogens is 1. The van der Waals surface area contributed by atoms with Crippen LogP contribution in [0.5, 0.6) is 0 Å². The normalized spacial score (nSPS) is 11.6. The molecule has 0 saturated heterocycles. The number of nitrogens with two attached hydrogens (primary N) is 1. The van der Waals surface area contributed by atoms with Crippen LogP contribution in [0.2, 0.25) is 0 Å². The first kappa shape index (κ1) is 23.1. The first-order valence-electron chi connectivity index (χ1n) is 8.30. The number of carbonyl (C=O) groups excluding carboxylic acids is 1. The Kier molecular flexibility index (Phi) is 7.98. The second-order valence-electron chi connectivity index (χ2n) is 6.96. The lowest BCUT2D eigenvalue weighted by atomic mass is 10.1. The highest BCUT2D eigenvalue weighted by Gasteiger charge is 2.20. The van der Waals surface area contributed by atoms with Crippen LogP contribution >= 0.6 is 12.4 Å². The van der Waals surface area contributed by atoms with Gasteiger partial charge in [-0.15, -0.1) is 12.4 Å². The monoisotopic (exact) mass is 411 g/mol. The molecule has 2 aromatic carbocycles. The molecule has 1 amide bonds. The Labute approximate surface area is 167 Å². The molecule has 0 unspecified atom stereocenters. The van der Waals surface area contributed by atoms with Crippen LogP contribution in [0.3, 0.4) is 0 Å². The van der Waals surface area contributed by atoms with Gasteiger partial charge >= 0.3 is 0 Å². The van der Waals surface area contributed by atoms with Crippen LogP contribution in [0.15, 0.2) is 53.4 Å². The van der Waals surface area contributed by atoms with Gasteiger partial charge in [-0.1, -0.05) is 36.4 Å². The van der Waals surface area contributed by atoms with Gasteiger partial charge in [0, 0.05) is 24.2 Å². The predicted octanol–water partition coefficient (Wildman–Crippen LogP) is 2.36. The van der Waals surface area contributed by atoms with Gasteiger partial charge < -0.3 is 11.1 Å². The minimum Gasteiger partial charge on any atom is -0.350 e. The summed E-state index contributed by atoms with van der Waals surface area (Å²) in [6, 6.07) is 13.9. The van der Waals surface area contributed by atoms with Crippen molar-refractivity contribution in [2.45, 2.75) is 37.8 Å². The predicted molar refractivity (Wildman–Crippen MR) is 109 cm³/mol. The van der Waals surface area contributed by atoms with Crippen molar-refractivity contribution < 1.29 is 13.2 Å². The van der Waals surface area contributed by atoms with Crippen LogP contribution in [0, 0.1) is 6.92 Å². The molecule has 27 heavy (non-hydrogen) atoms. The van der Waals surface area contributed by atoms with Crippen molar-refractivity contribution >= 4 is 28.3 Å². The molecule has 0 heterocycles. The van der Waals surface area contributed by atoms with E-state index < -0.39 is 15.6 Å². The van der Waals surface area contributed by atoms with Crippen molar-refractivity contribution in [1.82, 2.24) is 10.0 Å². The molecule has 8 heteroatoms. The van der Waals surface area contributed by atoms with Gasteiger partial charge in [-0.2, -0.15) is 0 Å². The average molecular weight is 412 g/mol. The number of amides is 1. The quantitative estimate of drug-likeness (QED) is 0.650. The molecule has 0 aromatic heterocycles. The minimum atomic E-state index is -3.74. The van der Waals surface area contributed by atoms with Crippen molar-refractivity contribution in [3.63, 3.8) is 0 Å². The Morgan fingerprint density at radius 2 is 1.74 bits per heavy atom. The topological polar surface area (TPSA) is 101 Å². The number of nitrogens with one attached hydrogen (secondary N) is 2. The number of carbonyl (C=O) groups is 1. The first-order chi connectivity index (χ1) is 12.1. The summed E-state index contributed by atoms with van der Waals surface area (Å²) in [5, 5.41) is 2.72. The van der Waals surface area contributed by atoms with Crippen LogP contribution < -0.4 is 15.8 Å². The van der Waals surface area contributed by atoms with E-state index in [-0.39, 0.29) is 41.9 Å². The number of hydrogen-bond acceptors (Lipinski definition) is 4. The van der Waals surface area contributed by atoms with Gasteiger partial charge in [-0.25, -0.2) is 13.1 Å². The highest BCUT2D eigenvalue weighted by Crippen LogP contribution is 2.18. The molecule has 0 aliphatic heterocycles. The lowest BCUT2D eigenvalue weighted by Gasteiger charge is -2.19. The summed E-state index contributed by atoms with van der Waals surface area (Å²) in [7, 11) is -3.74. The Morgan fingerprint density at radius 3 is 2.33 bits per heavy atom. The van der Waals surface area contributed by atoms with Gasteiger partial charge in [0.05, 0.1) is 4.90 Å². The first-order valence-corrected chi connectivity index (χ1v) is 9.78. The van der Waals surface area contributed by atoms with Gasteiger partial charge in [0.2, 0.25) is 10.0 Å². The van der Waals surface area contributed by atoms with Gasteiger partial charge in [-0.05, 0) is 44.0 Å². The fourth-order valence-corrected chi connectivity index (χ4v) is 3.58. The third-order valence-corrected chi connectivity index (χ3v) is 5.30. The van der Waals surface area contributed by atoms with Crippen molar-refractivity contribution in [3.8, 4) is 0 Å². The van der Waals surface area contributed by atoms with Crippen molar-refractivity contribution in [2.75, 3.05) is 6.54 Å². The Hall–Kier alpha value is -1.93. The zero-order valence-electron chi connectivity index (χ0n) is 15.7. The van der Waals surface area contributed by atoms with Crippen LogP contribution in [-0.2, 0) is 16.6 Å². The Balaban J connectivity index is 0.00000364. The molecule has 4 N–H and O–H groups in total. The van der Waals surface area contributed by atoms with E-state index in [2.05, 4.69) is 10.0 Å². The van der Waals surface area contributed by atoms with Gasteiger partial charge in [-0.3, -0.25) is 4.79 Å². The second kappa shape index (κ2) is 9.32. The summed E-state index contributed by atoms with van der Waals surface area (Å²) >= 11 is 0. The number of hydrogen-bond donors (Lipinski definition) is 3. The van der Waals surface area contributed by atoms with Crippen LogP contribution in [0.4, 0.5) is 0 Å². The van der Waals surface area contributed by atoms with E-state index in [0.717, 1.165) is 5.56 Å². The molecule has 6 nitrogen and oxygen atoms in total. The van der Waals surface area contributed by atoms with E-state index >= 15 is 0 Å². The summed E-state index contributed by atoms with van der Waals surface area (Å²) in [4.78, 5) is 12.4. The van der Waals surface area contributed by atoms with Gasteiger partial charge in [0.25, 0.3) is 5.91 Å². The summed E-state index contributed by atoms with van der Waals surface area (Å²) < 4.78 is 27.9. The Morgan fingerprint density at radius 1 is 1.11 bits per heavy atom. The molecule has 0 saturated carbocycles. The number of sulfonamides is 1. The maximum Gasteiger partial charge on any atom is 0.251 e. The van der Waals surface area contributed by atoms with Gasteiger partial charge in [0.15, 0.2) is 0 Å². The summed E-state index contributed by atoms with van der Waals surface area (Å²) in [5.74, 6) is -0.358. The summed E-state index contributed by atoms with van der Waals surface area (Å²) in [6.45, 7) is 5.76. The number of benzene rings is 2. The van der Waals surface area contributed by atoms with E-state index in [9.17, 15) is 13.2 Å². The molecule has 2 aromatic rings. The fraction of sp³-hybridized carbons (Fsp3) is 0.316. The molecule has 0 bridgehead atoms. The van der Waals surface area contributed by atoms with E-state index in [1.807, 2.05) is 30.3 Å². The molecule has 0 fully saturated rings. The number of rotatable bonds is 7. The minimum absolute atomic E-state index is 0. The maximum absolute atomic E-state index is 12.7. The van der Waals surface area contributed by atoms with E-state index in [0.29, 0.717) is 5.56 Å². The van der Waals surface area contributed by atoms with Crippen LogP contribution in [0.25, 0.3) is 0 Å². The molecule has 0 spiro atoms. The van der Waals surface area contributed by atoms with Crippen LogP contribution in [-0.4, -0.2) is 26.4 Å². The van der Waals surface area contributed by atoms with Crippen molar-refractivity contribution in [3.05, 3.63) is 65.2 Å². The molecule has 0 radical (unpaired) electrons. The lowest BCUT2D eigenvalue weighted by molar-refractivity contribution is 0.0946. The Bertz CT molecular complexity index is 879. The highest BCUT2D eigenvalue weighted by molar-refractivity contribution is 7.89. The maximum atomic E-state index is 12.7. The van der Waals surface area contributed by atoms with Crippen molar-refractivity contribution in [2.24, 2.45) is 5.73 Å².